The number of phenols is 1. The molecule has 0 fully saturated rings. The van der Waals surface area contributed by atoms with E-state index in [0.29, 0.717) is 11.3 Å². The van der Waals surface area contributed by atoms with E-state index < -0.39 is 11.8 Å². The lowest BCUT2D eigenvalue weighted by molar-refractivity contribution is -0.139. The van der Waals surface area contributed by atoms with Gasteiger partial charge in [0.1, 0.15) is 11.5 Å². The monoisotopic (exact) mass is 337 g/mol. The molecule has 1 heterocycles. The highest BCUT2D eigenvalue weighted by atomic mass is 16.3. The number of nitrogens with one attached hydrogen (secondary N) is 2. The molecular weight excluding hydrogens is 322 g/mol. The molecule has 126 valence electrons. The molecule has 3 N–H and O–H groups in total. The van der Waals surface area contributed by atoms with Crippen molar-refractivity contribution in [2.75, 3.05) is 0 Å². The topological polar surface area (TPSA) is 104 Å². The third-order valence-electron chi connectivity index (χ3n) is 3.52. The van der Waals surface area contributed by atoms with Crippen LogP contribution in [0.1, 0.15) is 11.3 Å². The Labute approximate surface area is 143 Å². The number of carbonyl (C=O) groups is 2. The maximum Gasteiger partial charge on any atom is 0.329 e. The van der Waals surface area contributed by atoms with Crippen LogP contribution in [-0.2, 0) is 16.1 Å². The van der Waals surface area contributed by atoms with Crippen molar-refractivity contribution in [3.63, 3.8) is 0 Å². The molecule has 0 spiro atoms. The molecule has 0 bridgehead atoms. The quantitative estimate of drug-likeness (QED) is 0.384. The van der Waals surface area contributed by atoms with Crippen molar-refractivity contribution in [3.8, 4) is 5.75 Å². The number of nitrogens with zero attached hydrogens (tertiary/aromatic N) is 1. The summed E-state index contributed by atoms with van der Waals surface area (Å²) in [5.74, 6) is -1.19. The van der Waals surface area contributed by atoms with E-state index in [2.05, 4.69) is 15.8 Å². The summed E-state index contributed by atoms with van der Waals surface area (Å²) in [4.78, 5) is 23.4. The average Bonchev–Trinajstić information content (AvgIpc) is 3.15. The molecule has 0 saturated heterocycles. The van der Waals surface area contributed by atoms with Gasteiger partial charge in [-0.25, -0.2) is 5.43 Å². The predicted molar refractivity (Wildman–Crippen MR) is 91.9 cm³/mol. The first-order valence-corrected chi connectivity index (χ1v) is 7.49. The van der Waals surface area contributed by atoms with Gasteiger partial charge in [0.25, 0.3) is 0 Å². The highest BCUT2D eigenvalue weighted by Crippen LogP contribution is 2.25. The number of hydrazone groups is 1. The first kappa shape index (κ1) is 16.3. The van der Waals surface area contributed by atoms with E-state index in [0.717, 1.165) is 10.8 Å². The molecule has 25 heavy (non-hydrogen) atoms. The number of fused-ring (bicyclic) bond motifs is 1. The van der Waals surface area contributed by atoms with Gasteiger partial charge in [-0.1, -0.05) is 30.3 Å². The number of rotatable bonds is 4. The molecule has 7 heteroatoms. The van der Waals surface area contributed by atoms with Crippen molar-refractivity contribution >= 4 is 28.8 Å². The summed E-state index contributed by atoms with van der Waals surface area (Å²) in [5.41, 5.74) is 2.58. The molecule has 7 nitrogen and oxygen atoms in total. The molecule has 3 aromatic rings. The molecule has 0 unspecified atom stereocenters. The van der Waals surface area contributed by atoms with Crippen molar-refractivity contribution in [1.82, 2.24) is 10.7 Å². The predicted octanol–water partition coefficient (Wildman–Crippen LogP) is 1.90. The van der Waals surface area contributed by atoms with Crippen LogP contribution in [0.2, 0.25) is 0 Å². The van der Waals surface area contributed by atoms with Crippen molar-refractivity contribution < 1.29 is 19.1 Å². The largest absolute Gasteiger partial charge is 0.507 e. The number of phenolic OH excluding ortho intramolecular Hbond substituents is 1. The smallest absolute Gasteiger partial charge is 0.329 e. The number of aromatic hydroxyl groups is 1. The van der Waals surface area contributed by atoms with Crippen molar-refractivity contribution in [2.45, 2.75) is 6.54 Å². The van der Waals surface area contributed by atoms with E-state index >= 15 is 0 Å². The second-order valence-electron chi connectivity index (χ2n) is 5.18. The first-order chi connectivity index (χ1) is 12.1. The van der Waals surface area contributed by atoms with Gasteiger partial charge < -0.3 is 14.8 Å². The Morgan fingerprint density at radius 2 is 1.92 bits per heavy atom. The first-order valence-electron chi connectivity index (χ1n) is 7.49. The lowest BCUT2D eigenvalue weighted by atomic mass is 10.0. The normalized spacial score (nSPS) is 10.9. The molecule has 0 aliphatic rings. The summed E-state index contributed by atoms with van der Waals surface area (Å²) >= 11 is 0. The van der Waals surface area contributed by atoms with Gasteiger partial charge in [-0.3, -0.25) is 9.59 Å². The summed E-state index contributed by atoms with van der Waals surface area (Å²) in [6, 6.07) is 14.1. The fourth-order valence-electron chi connectivity index (χ4n) is 2.29. The lowest BCUT2D eigenvalue weighted by Gasteiger charge is -2.05. The zero-order chi connectivity index (χ0) is 17.6. The Kier molecular flexibility index (Phi) is 4.75. The molecule has 0 radical (unpaired) electrons. The third-order valence-corrected chi connectivity index (χ3v) is 3.52. The van der Waals surface area contributed by atoms with Crippen LogP contribution in [0, 0.1) is 0 Å². The minimum absolute atomic E-state index is 0.0268. The Morgan fingerprint density at radius 3 is 2.72 bits per heavy atom. The number of amides is 2. The Balaban J connectivity index is 1.64. The van der Waals surface area contributed by atoms with Crippen LogP contribution in [0.15, 0.2) is 64.3 Å². The van der Waals surface area contributed by atoms with Crippen LogP contribution in [0.3, 0.4) is 0 Å². The summed E-state index contributed by atoms with van der Waals surface area (Å²) in [7, 11) is 0. The molecular formula is C18H15N3O4. The van der Waals surface area contributed by atoms with E-state index in [-0.39, 0.29) is 12.3 Å². The maximum atomic E-state index is 11.7. The number of hydrogen-bond acceptors (Lipinski definition) is 5. The number of furan rings is 1. The van der Waals surface area contributed by atoms with E-state index in [1.54, 1.807) is 24.3 Å². The molecule has 0 aliphatic heterocycles. The zero-order valence-corrected chi connectivity index (χ0v) is 13.1. The second kappa shape index (κ2) is 7.31. The highest BCUT2D eigenvalue weighted by molar-refractivity contribution is 6.35. The molecule has 2 aromatic carbocycles. The zero-order valence-electron chi connectivity index (χ0n) is 13.1. The van der Waals surface area contributed by atoms with Crippen LogP contribution < -0.4 is 10.7 Å². The van der Waals surface area contributed by atoms with E-state index in [9.17, 15) is 14.7 Å². The number of benzene rings is 2. The van der Waals surface area contributed by atoms with Crippen LogP contribution in [0.4, 0.5) is 0 Å². The summed E-state index contributed by atoms with van der Waals surface area (Å²) < 4.78 is 5.05. The van der Waals surface area contributed by atoms with Gasteiger partial charge in [0, 0.05) is 5.56 Å². The fraction of sp³-hybridized carbons (Fsp3) is 0.0556. The minimum atomic E-state index is -0.914. The summed E-state index contributed by atoms with van der Waals surface area (Å²) in [6.07, 6.45) is 2.78. The third kappa shape index (κ3) is 3.84. The van der Waals surface area contributed by atoms with Gasteiger partial charge in [-0.2, -0.15) is 5.10 Å². The maximum absolute atomic E-state index is 11.7. The van der Waals surface area contributed by atoms with Crippen LogP contribution in [0.25, 0.3) is 10.8 Å². The molecule has 3 rings (SSSR count). The summed E-state index contributed by atoms with van der Waals surface area (Å²) in [5, 5.41) is 17.8. The lowest BCUT2D eigenvalue weighted by Crippen LogP contribution is -2.37. The van der Waals surface area contributed by atoms with Crippen molar-refractivity contribution in [1.29, 1.82) is 0 Å². The van der Waals surface area contributed by atoms with Gasteiger partial charge >= 0.3 is 11.8 Å². The molecule has 2 amide bonds. The standard InChI is InChI=1S/C18H15N3O4/c22-16-8-7-12-4-1-2-6-14(12)15(16)11-20-21-18(24)17(23)19-10-13-5-3-9-25-13/h1-9,11,22H,10H2,(H,19,23)(H,21,24)/b20-11+. The average molecular weight is 337 g/mol. The Morgan fingerprint density at radius 1 is 1.08 bits per heavy atom. The van der Waals surface area contributed by atoms with Crippen LogP contribution in [0.5, 0.6) is 5.75 Å². The van der Waals surface area contributed by atoms with Gasteiger partial charge in [-0.05, 0) is 29.0 Å². The summed E-state index contributed by atoms with van der Waals surface area (Å²) in [6.45, 7) is 0.104. The minimum Gasteiger partial charge on any atom is -0.507 e. The van der Waals surface area contributed by atoms with Crippen molar-refractivity contribution in [2.24, 2.45) is 5.10 Å². The Hall–Kier alpha value is -3.61. The van der Waals surface area contributed by atoms with E-state index in [1.807, 2.05) is 24.3 Å². The molecule has 1 aromatic heterocycles. The van der Waals surface area contributed by atoms with E-state index in [1.165, 1.54) is 12.5 Å². The Bertz CT molecular complexity index is 933. The van der Waals surface area contributed by atoms with Crippen LogP contribution >= 0.6 is 0 Å². The molecule has 0 aliphatic carbocycles. The SMILES string of the molecule is O=C(NCc1ccco1)C(=O)N/N=C/c1c(O)ccc2ccccc12. The number of carbonyl (C=O) groups excluding carboxylic acids is 2. The van der Waals surface area contributed by atoms with Crippen molar-refractivity contribution in [3.05, 3.63) is 66.1 Å². The van der Waals surface area contributed by atoms with Gasteiger partial charge in [0.05, 0.1) is 19.0 Å². The van der Waals surface area contributed by atoms with Gasteiger partial charge in [0.15, 0.2) is 0 Å². The van der Waals surface area contributed by atoms with Gasteiger partial charge in [0.2, 0.25) is 0 Å². The highest BCUT2D eigenvalue weighted by Gasteiger charge is 2.12. The van der Waals surface area contributed by atoms with Crippen LogP contribution in [-0.4, -0.2) is 23.1 Å². The molecule has 0 saturated carbocycles. The number of hydrogen-bond donors (Lipinski definition) is 3. The van der Waals surface area contributed by atoms with E-state index in [4.69, 9.17) is 4.42 Å². The van der Waals surface area contributed by atoms with Gasteiger partial charge in [-0.15, -0.1) is 0 Å². The molecule has 0 atom stereocenters. The fourth-order valence-corrected chi connectivity index (χ4v) is 2.29. The second-order valence-corrected chi connectivity index (χ2v) is 5.18.